The van der Waals surface area contributed by atoms with Crippen LogP contribution in [0.15, 0.2) is 58.2 Å². The quantitative estimate of drug-likeness (QED) is 0.724. The second-order valence-corrected chi connectivity index (χ2v) is 5.35. The number of aliphatic carboxylic acids is 1. The molecule has 0 radical (unpaired) electrons. The summed E-state index contributed by atoms with van der Waals surface area (Å²) in [5.74, 6) is -0.00762. The zero-order valence-electron chi connectivity index (χ0n) is 11.3. The molecule has 22 heavy (non-hydrogen) atoms. The van der Waals surface area contributed by atoms with E-state index in [-0.39, 0.29) is 5.75 Å². The van der Waals surface area contributed by atoms with Crippen LogP contribution in [0.2, 0.25) is 0 Å². The fraction of sp³-hybridized carbons (Fsp3) is 0.0667. The highest BCUT2D eigenvalue weighted by molar-refractivity contribution is 7.99. The Kier molecular flexibility index (Phi) is 4.15. The summed E-state index contributed by atoms with van der Waals surface area (Å²) in [5.41, 5.74) is 1.56. The second-order valence-electron chi connectivity index (χ2n) is 4.36. The molecular weight excluding hydrogens is 302 g/mol. The predicted molar refractivity (Wildman–Crippen MR) is 81.3 cm³/mol. The van der Waals surface area contributed by atoms with E-state index >= 15 is 0 Å². The van der Waals surface area contributed by atoms with Gasteiger partial charge < -0.3 is 9.63 Å². The summed E-state index contributed by atoms with van der Waals surface area (Å²) in [6.45, 7) is 0. The summed E-state index contributed by atoms with van der Waals surface area (Å²) >= 11 is 1.16. The number of hydrogen-bond acceptors (Lipinski definition) is 6. The van der Waals surface area contributed by atoms with Gasteiger partial charge in [0.2, 0.25) is 5.82 Å². The van der Waals surface area contributed by atoms with Gasteiger partial charge >= 0.3 is 5.97 Å². The lowest BCUT2D eigenvalue weighted by atomic mass is 10.2. The molecule has 0 saturated carbocycles. The number of carboxylic acid groups (broad SMARTS) is 1. The van der Waals surface area contributed by atoms with E-state index in [0.29, 0.717) is 22.3 Å². The maximum Gasteiger partial charge on any atom is 0.313 e. The third kappa shape index (κ3) is 3.32. The minimum absolute atomic E-state index is 0.0228. The Morgan fingerprint density at radius 1 is 1.14 bits per heavy atom. The highest BCUT2D eigenvalue weighted by atomic mass is 32.2. The first-order valence-corrected chi connectivity index (χ1v) is 7.41. The summed E-state index contributed by atoms with van der Waals surface area (Å²) in [7, 11) is 0. The molecular formula is C15H11N3O3S. The number of hydrogen-bond donors (Lipinski definition) is 1. The fourth-order valence-corrected chi connectivity index (χ4v) is 2.34. The first kappa shape index (κ1) is 14.3. The standard InChI is InChI=1S/C15H11N3O3S/c19-13(20)9-22-12-7-6-11(8-16-12)15-17-14(18-21-15)10-4-2-1-3-5-10/h1-8H,9H2,(H,19,20). The van der Waals surface area contributed by atoms with Crippen molar-refractivity contribution in [2.45, 2.75) is 5.03 Å². The Labute approximate surface area is 130 Å². The summed E-state index contributed by atoms with van der Waals surface area (Å²) in [6.07, 6.45) is 1.59. The van der Waals surface area contributed by atoms with Gasteiger partial charge in [0.15, 0.2) is 0 Å². The number of rotatable bonds is 5. The van der Waals surface area contributed by atoms with Gasteiger partial charge in [0.1, 0.15) is 0 Å². The minimum atomic E-state index is -0.875. The monoisotopic (exact) mass is 313 g/mol. The van der Waals surface area contributed by atoms with Gasteiger partial charge in [-0.1, -0.05) is 47.3 Å². The molecule has 3 aromatic rings. The Morgan fingerprint density at radius 2 is 1.95 bits per heavy atom. The summed E-state index contributed by atoms with van der Waals surface area (Å²) < 4.78 is 5.24. The van der Waals surface area contributed by atoms with Crippen molar-refractivity contribution in [1.82, 2.24) is 15.1 Å². The van der Waals surface area contributed by atoms with Crippen LogP contribution in [0.1, 0.15) is 0 Å². The van der Waals surface area contributed by atoms with Crippen LogP contribution in [0, 0.1) is 0 Å². The number of pyridine rings is 1. The molecule has 0 amide bonds. The third-order valence-corrected chi connectivity index (χ3v) is 3.71. The number of nitrogens with zero attached hydrogens (tertiary/aromatic N) is 3. The van der Waals surface area contributed by atoms with Crippen LogP contribution in [-0.2, 0) is 4.79 Å². The highest BCUT2D eigenvalue weighted by Gasteiger charge is 2.11. The number of carboxylic acids is 1. The summed E-state index contributed by atoms with van der Waals surface area (Å²) in [5, 5.41) is 13.2. The topological polar surface area (TPSA) is 89.1 Å². The Balaban J connectivity index is 1.77. The average Bonchev–Trinajstić information content (AvgIpc) is 3.04. The van der Waals surface area contributed by atoms with Crippen LogP contribution in [0.5, 0.6) is 0 Å². The van der Waals surface area contributed by atoms with Crippen molar-refractivity contribution in [3.05, 3.63) is 48.7 Å². The number of benzene rings is 1. The van der Waals surface area contributed by atoms with Gasteiger partial charge in [-0.2, -0.15) is 4.98 Å². The van der Waals surface area contributed by atoms with Crippen molar-refractivity contribution in [2.24, 2.45) is 0 Å². The molecule has 6 nitrogen and oxygen atoms in total. The molecule has 110 valence electrons. The van der Waals surface area contributed by atoms with Gasteiger partial charge in [-0.3, -0.25) is 4.79 Å². The smallest absolute Gasteiger partial charge is 0.313 e. The van der Waals surface area contributed by atoms with Crippen LogP contribution in [0.25, 0.3) is 22.8 Å². The van der Waals surface area contributed by atoms with Gasteiger partial charge in [0.05, 0.1) is 16.3 Å². The van der Waals surface area contributed by atoms with Gasteiger partial charge in [-0.05, 0) is 12.1 Å². The zero-order chi connectivity index (χ0) is 15.4. The normalized spacial score (nSPS) is 10.5. The summed E-state index contributed by atoms with van der Waals surface area (Å²) in [4.78, 5) is 19.0. The molecule has 1 aromatic carbocycles. The van der Waals surface area contributed by atoms with Gasteiger partial charge in [0.25, 0.3) is 5.89 Å². The SMILES string of the molecule is O=C(O)CSc1ccc(-c2nc(-c3ccccc3)no2)cn1. The molecule has 0 aliphatic heterocycles. The van der Waals surface area contributed by atoms with Crippen LogP contribution in [-0.4, -0.2) is 32.0 Å². The lowest BCUT2D eigenvalue weighted by Crippen LogP contribution is -1.97. The zero-order valence-corrected chi connectivity index (χ0v) is 12.2. The maximum absolute atomic E-state index is 10.5. The van der Waals surface area contributed by atoms with Crippen LogP contribution >= 0.6 is 11.8 Å². The van der Waals surface area contributed by atoms with Crippen molar-refractivity contribution < 1.29 is 14.4 Å². The molecule has 3 rings (SSSR count). The van der Waals surface area contributed by atoms with Gasteiger partial charge in [-0.15, -0.1) is 0 Å². The number of thioether (sulfide) groups is 1. The molecule has 0 bridgehead atoms. The average molecular weight is 313 g/mol. The van der Waals surface area contributed by atoms with Crippen molar-refractivity contribution in [3.8, 4) is 22.8 Å². The molecule has 1 N–H and O–H groups in total. The Hall–Kier alpha value is -2.67. The first-order chi connectivity index (χ1) is 10.7. The maximum atomic E-state index is 10.5. The molecule has 0 saturated heterocycles. The third-order valence-electron chi connectivity index (χ3n) is 2.78. The van der Waals surface area contributed by atoms with Crippen LogP contribution in [0.4, 0.5) is 0 Å². The van der Waals surface area contributed by atoms with Crippen molar-refractivity contribution in [2.75, 3.05) is 5.75 Å². The van der Waals surface area contributed by atoms with E-state index in [4.69, 9.17) is 9.63 Å². The lowest BCUT2D eigenvalue weighted by Gasteiger charge is -1.98. The number of aromatic nitrogens is 3. The van der Waals surface area contributed by atoms with Gasteiger partial charge in [-0.25, -0.2) is 4.98 Å². The molecule has 2 aromatic heterocycles. The summed E-state index contributed by atoms with van der Waals surface area (Å²) in [6, 6.07) is 13.0. The minimum Gasteiger partial charge on any atom is -0.481 e. The molecule has 7 heteroatoms. The lowest BCUT2D eigenvalue weighted by molar-refractivity contribution is -0.133. The van der Waals surface area contributed by atoms with Crippen LogP contribution < -0.4 is 0 Å². The molecule has 0 spiro atoms. The van der Waals surface area contributed by atoms with Gasteiger partial charge in [0, 0.05) is 11.8 Å². The number of carbonyl (C=O) groups is 1. The second kappa shape index (κ2) is 6.40. The highest BCUT2D eigenvalue weighted by Crippen LogP contribution is 2.23. The first-order valence-electron chi connectivity index (χ1n) is 6.42. The van der Waals surface area contributed by atoms with E-state index in [0.717, 1.165) is 17.3 Å². The van der Waals surface area contributed by atoms with Crippen molar-refractivity contribution in [3.63, 3.8) is 0 Å². The Morgan fingerprint density at radius 3 is 2.64 bits per heavy atom. The molecule has 2 heterocycles. The molecule has 0 unspecified atom stereocenters. The van der Waals surface area contributed by atoms with E-state index in [2.05, 4.69) is 15.1 Å². The van der Waals surface area contributed by atoms with Crippen LogP contribution in [0.3, 0.4) is 0 Å². The van der Waals surface area contributed by atoms with Crippen molar-refractivity contribution in [1.29, 1.82) is 0 Å². The van der Waals surface area contributed by atoms with E-state index in [1.54, 1.807) is 18.3 Å². The van der Waals surface area contributed by atoms with E-state index < -0.39 is 5.97 Å². The van der Waals surface area contributed by atoms with E-state index in [9.17, 15) is 4.79 Å². The Bertz CT molecular complexity index is 772. The van der Waals surface area contributed by atoms with Crippen molar-refractivity contribution >= 4 is 17.7 Å². The fourth-order valence-electron chi connectivity index (χ4n) is 1.77. The molecule has 0 atom stereocenters. The molecule has 0 aliphatic carbocycles. The predicted octanol–water partition coefficient (Wildman–Crippen LogP) is 2.98. The van der Waals surface area contributed by atoms with E-state index in [1.807, 2.05) is 30.3 Å². The van der Waals surface area contributed by atoms with E-state index in [1.165, 1.54) is 0 Å². The molecule has 0 fully saturated rings. The largest absolute Gasteiger partial charge is 0.481 e. The molecule has 0 aliphatic rings.